The van der Waals surface area contributed by atoms with Crippen molar-refractivity contribution >= 4 is 44.2 Å². The number of fused-ring (bicyclic) bond motifs is 1. The molecule has 0 atom stereocenters. The number of hydrogen-bond acceptors (Lipinski definition) is 5. The lowest BCUT2D eigenvalue weighted by atomic mass is 9.96. The number of aryl methyl sites for hydroxylation is 3. The molecule has 29 heavy (non-hydrogen) atoms. The van der Waals surface area contributed by atoms with Gasteiger partial charge in [-0.1, -0.05) is 29.0 Å². The molecule has 0 saturated carbocycles. The monoisotopic (exact) mass is 431 g/mol. The number of carbonyl (C=O) groups is 1. The molecule has 1 amide bonds. The van der Waals surface area contributed by atoms with Crippen LogP contribution in [0.4, 0.5) is 5.13 Å². The molecule has 1 aromatic carbocycles. The second-order valence-corrected chi connectivity index (χ2v) is 9.33. The van der Waals surface area contributed by atoms with E-state index in [0.29, 0.717) is 11.6 Å². The number of hydrogen-bond donors (Lipinski definition) is 0. The highest BCUT2D eigenvalue weighted by Gasteiger charge is 2.25. The Balaban J connectivity index is 1.37. The number of piperidine rings is 1. The average Bonchev–Trinajstić information content (AvgIpc) is 3.30. The summed E-state index contributed by atoms with van der Waals surface area (Å²) in [7, 11) is 3.73. The summed E-state index contributed by atoms with van der Waals surface area (Å²) in [5.41, 5.74) is 3.68. The highest BCUT2D eigenvalue weighted by atomic mass is 35.5. The summed E-state index contributed by atoms with van der Waals surface area (Å²) >= 11 is 8.03. The second-order valence-electron chi connectivity index (χ2n) is 7.95. The fourth-order valence-corrected chi connectivity index (χ4v) is 5.23. The molecule has 0 spiro atoms. The molecule has 1 aliphatic heterocycles. The number of rotatable bonds is 4. The van der Waals surface area contributed by atoms with E-state index < -0.39 is 0 Å². The van der Waals surface area contributed by atoms with Crippen LogP contribution in [0.5, 0.6) is 0 Å². The van der Waals surface area contributed by atoms with E-state index in [9.17, 15) is 4.79 Å². The Morgan fingerprint density at radius 1 is 1.31 bits per heavy atom. The molecule has 1 saturated heterocycles. The lowest BCUT2D eigenvalue weighted by molar-refractivity contribution is 0.0758. The first-order valence-electron chi connectivity index (χ1n) is 9.90. The molecule has 0 N–H and O–H groups in total. The number of thiazole rings is 1. The molecule has 3 heterocycles. The van der Waals surface area contributed by atoms with Crippen LogP contribution in [-0.4, -0.2) is 52.3 Å². The van der Waals surface area contributed by atoms with Gasteiger partial charge in [0, 0.05) is 39.4 Å². The zero-order chi connectivity index (χ0) is 20.7. The molecule has 1 fully saturated rings. The number of aromatic nitrogens is 3. The largest absolute Gasteiger partial charge is 0.348 e. The SMILES string of the molecule is Cc1ccc(Cl)c2sc(N3CCC(CN(C)C(=O)c4cc(C)n(C)n4)CC3)nc12. The van der Waals surface area contributed by atoms with E-state index in [1.54, 1.807) is 16.0 Å². The van der Waals surface area contributed by atoms with Gasteiger partial charge < -0.3 is 9.80 Å². The maximum absolute atomic E-state index is 12.7. The third-order valence-electron chi connectivity index (χ3n) is 5.78. The molecule has 1 aliphatic rings. The Bertz CT molecular complexity index is 992. The van der Waals surface area contributed by atoms with Gasteiger partial charge in [-0.15, -0.1) is 0 Å². The van der Waals surface area contributed by atoms with Gasteiger partial charge in [0.2, 0.25) is 0 Å². The van der Waals surface area contributed by atoms with Crippen LogP contribution >= 0.6 is 22.9 Å². The maximum atomic E-state index is 12.7. The lowest BCUT2D eigenvalue weighted by Crippen LogP contribution is -2.39. The van der Waals surface area contributed by atoms with Gasteiger partial charge in [-0.25, -0.2) is 4.98 Å². The Morgan fingerprint density at radius 3 is 2.66 bits per heavy atom. The van der Waals surface area contributed by atoms with Crippen molar-refractivity contribution in [2.75, 3.05) is 31.6 Å². The quantitative estimate of drug-likeness (QED) is 0.618. The maximum Gasteiger partial charge on any atom is 0.274 e. The van der Waals surface area contributed by atoms with Crippen molar-refractivity contribution in [1.29, 1.82) is 0 Å². The molecule has 8 heteroatoms. The van der Waals surface area contributed by atoms with Crippen molar-refractivity contribution in [1.82, 2.24) is 19.7 Å². The Hall–Kier alpha value is -2.12. The van der Waals surface area contributed by atoms with Gasteiger partial charge in [-0.2, -0.15) is 5.10 Å². The van der Waals surface area contributed by atoms with Crippen molar-refractivity contribution in [2.45, 2.75) is 26.7 Å². The van der Waals surface area contributed by atoms with Gasteiger partial charge in [-0.3, -0.25) is 9.48 Å². The van der Waals surface area contributed by atoms with E-state index in [1.165, 1.54) is 0 Å². The van der Waals surface area contributed by atoms with Crippen LogP contribution in [-0.2, 0) is 7.05 Å². The molecule has 0 bridgehead atoms. The number of halogens is 1. The third-order valence-corrected chi connectivity index (χ3v) is 7.36. The van der Waals surface area contributed by atoms with Gasteiger partial charge in [0.05, 0.1) is 15.2 Å². The first kappa shape index (κ1) is 20.2. The molecule has 0 unspecified atom stereocenters. The predicted molar refractivity (Wildman–Crippen MR) is 119 cm³/mol. The van der Waals surface area contributed by atoms with Crippen molar-refractivity contribution in [3.63, 3.8) is 0 Å². The van der Waals surface area contributed by atoms with E-state index in [4.69, 9.17) is 16.6 Å². The van der Waals surface area contributed by atoms with Gasteiger partial charge >= 0.3 is 0 Å². The zero-order valence-corrected chi connectivity index (χ0v) is 18.8. The third kappa shape index (κ3) is 3.98. The van der Waals surface area contributed by atoms with Crippen LogP contribution in [0.2, 0.25) is 5.02 Å². The number of anilines is 1. The predicted octanol–water partition coefficient (Wildman–Crippen LogP) is 4.29. The molecule has 4 rings (SSSR count). The van der Waals surface area contributed by atoms with E-state index in [0.717, 1.165) is 64.1 Å². The van der Waals surface area contributed by atoms with Crippen molar-refractivity contribution in [3.8, 4) is 0 Å². The number of benzene rings is 1. The molecule has 154 valence electrons. The zero-order valence-electron chi connectivity index (χ0n) is 17.3. The lowest BCUT2D eigenvalue weighted by Gasteiger charge is -2.33. The Kier molecular flexibility index (Phi) is 5.53. The van der Waals surface area contributed by atoms with Crippen molar-refractivity contribution in [3.05, 3.63) is 40.2 Å². The molecular weight excluding hydrogens is 406 g/mol. The van der Waals surface area contributed by atoms with Crippen molar-refractivity contribution < 1.29 is 4.79 Å². The molecule has 0 radical (unpaired) electrons. The van der Waals surface area contributed by atoms with Crippen LogP contribution in [0.1, 0.15) is 34.6 Å². The summed E-state index contributed by atoms with van der Waals surface area (Å²) < 4.78 is 2.81. The molecule has 0 aliphatic carbocycles. The average molecular weight is 432 g/mol. The Labute approximate surface area is 180 Å². The normalized spacial score (nSPS) is 15.3. The van der Waals surface area contributed by atoms with Crippen molar-refractivity contribution in [2.24, 2.45) is 13.0 Å². The summed E-state index contributed by atoms with van der Waals surface area (Å²) in [6, 6.07) is 5.82. The second kappa shape index (κ2) is 7.95. The van der Waals surface area contributed by atoms with Crippen LogP contribution in [0, 0.1) is 19.8 Å². The van der Waals surface area contributed by atoms with E-state index in [-0.39, 0.29) is 5.91 Å². The first-order valence-corrected chi connectivity index (χ1v) is 11.1. The smallest absolute Gasteiger partial charge is 0.274 e. The van der Waals surface area contributed by atoms with Crippen LogP contribution in [0.25, 0.3) is 10.2 Å². The van der Waals surface area contributed by atoms with Gasteiger partial charge in [0.15, 0.2) is 10.8 Å². The number of amides is 1. The Morgan fingerprint density at radius 2 is 2.03 bits per heavy atom. The van der Waals surface area contributed by atoms with E-state index in [1.807, 2.05) is 44.1 Å². The number of nitrogens with zero attached hydrogens (tertiary/aromatic N) is 5. The minimum atomic E-state index is -0.00702. The first-order chi connectivity index (χ1) is 13.8. The fourth-order valence-electron chi connectivity index (χ4n) is 3.86. The van der Waals surface area contributed by atoms with Crippen LogP contribution in [0.15, 0.2) is 18.2 Å². The van der Waals surface area contributed by atoms with Gasteiger partial charge in [-0.05, 0) is 50.3 Å². The fraction of sp³-hybridized carbons (Fsp3) is 0.476. The summed E-state index contributed by atoms with van der Waals surface area (Å²) in [5.74, 6) is 0.483. The summed E-state index contributed by atoms with van der Waals surface area (Å²) in [4.78, 5) is 21.7. The highest BCUT2D eigenvalue weighted by Crippen LogP contribution is 2.36. The minimum absolute atomic E-state index is 0.00702. The molecular formula is C21H26ClN5OS. The highest BCUT2D eigenvalue weighted by molar-refractivity contribution is 7.22. The number of carbonyl (C=O) groups excluding carboxylic acids is 1. The standard InChI is InChI=1S/C21H26ClN5OS/c1-13-5-6-16(22)19-18(13)23-21(29-19)27-9-7-15(8-10-27)12-25(3)20(28)17-11-14(2)26(4)24-17/h5-6,11,15H,7-10,12H2,1-4H3. The summed E-state index contributed by atoms with van der Waals surface area (Å²) in [6.45, 7) is 6.69. The van der Waals surface area contributed by atoms with E-state index >= 15 is 0 Å². The van der Waals surface area contributed by atoms with Gasteiger partial charge in [0.25, 0.3) is 5.91 Å². The van der Waals surface area contributed by atoms with Gasteiger partial charge in [0.1, 0.15) is 0 Å². The van der Waals surface area contributed by atoms with Crippen LogP contribution < -0.4 is 4.90 Å². The summed E-state index contributed by atoms with van der Waals surface area (Å²) in [5, 5.41) is 6.13. The summed E-state index contributed by atoms with van der Waals surface area (Å²) in [6.07, 6.45) is 2.09. The van der Waals surface area contributed by atoms with E-state index in [2.05, 4.69) is 16.9 Å². The minimum Gasteiger partial charge on any atom is -0.348 e. The molecule has 2 aromatic heterocycles. The molecule has 6 nitrogen and oxygen atoms in total. The van der Waals surface area contributed by atoms with Crippen LogP contribution in [0.3, 0.4) is 0 Å². The molecule has 3 aromatic rings. The topological polar surface area (TPSA) is 54.3 Å².